The lowest BCUT2D eigenvalue weighted by Crippen LogP contribution is -2.47. The minimum Gasteiger partial charge on any atom is -0.507 e. The molecule has 4 amide bonds. The number of rotatable bonds is 3. The number of nitrogens with zero attached hydrogens (tertiary/aromatic N) is 2. The monoisotopic (exact) mass is 518 g/mol. The van der Waals surface area contributed by atoms with Gasteiger partial charge in [-0.05, 0) is 72.3 Å². The highest BCUT2D eigenvalue weighted by molar-refractivity contribution is 6.08. The number of allylic oxidation sites excluding steroid dienone is 3. The first-order valence-electron chi connectivity index (χ1n) is 13.6. The van der Waals surface area contributed by atoms with Crippen LogP contribution in [0.25, 0.3) is 0 Å². The standard InChI is InChI=1S/C31H38N2O5/c1-8-10-16-11-9-12-18(25(16)34)22-17-13-14-19-23(28(37)32(26(19)35)30(2,3)4)20(17)15-21-24(22)29(38)33(27(21)36)31(5,6)7/h8-9,11-13,19-24,34H,1,10,14-15H2,2-7H3. The van der Waals surface area contributed by atoms with E-state index in [0.717, 1.165) is 5.57 Å². The summed E-state index contributed by atoms with van der Waals surface area (Å²) in [6.07, 6.45) is 4.93. The van der Waals surface area contributed by atoms with Gasteiger partial charge in [-0.25, -0.2) is 0 Å². The summed E-state index contributed by atoms with van der Waals surface area (Å²) in [4.78, 5) is 57.8. The first-order valence-corrected chi connectivity index (χ1v) is 13.6. The molecule has 1 N–H and O–H groups in total. The van der Waals surface area contributed by atoms with Crippen LogP contribution in [0, 0.1) is 29.6 Å². The van der Waals surface area contributed by atoms with Gasteiger partial charge in [-0.2, -0.15) is 0 Å². The molecule has 0 radical (unpaired) electrons. The van der Waals surface area contributed by atoms with Gasteiger partial charge in [0.15, 0.2) is 0 Å². The molecule has 4 aliphatic rings. The lowest BCUT2D eigenvalue weighted by atomic mass is 9.57. The number of carbonyl (C=O) groups excluding carboxylic acids is 4. The number of phenols is 1. The number of carbonyl (C=O) groups is 4. The van der Waals surface area contributed by atoms with Gasteiger partial charge in [-0.1, -0.05) is 35.9 Å². The number of para-hydroxylation sites is 1. The largest absolute Gasteiger partial charge is 0.507 e. The summed E-state index contributed by atoms with van der Waals surface area (Å²) in [6, 6.07) is 5.50. The normalized spacial score (nSPS) is 31.3. The van der Waals surface area contributed by atoms with Crippen LogP contribution in [-0.2, 0) is 25.6 Å². The maximum absolute atomic E-state index is 14.0. The lowest BCUT2D eigenvalue weighted by Gasteiger charge is -2.44. The molecule has 0 spiro atoms. The summed E-state index contributed by atoms with van der Waals surface area (Å²) in [5.41, 5.74) is 0.831. The van der Waals surface area contributed by atoms with Crippen LogP contribution in [-0.4, -0.2) is 49.6 Å². The first kappa shape index (κ1) is 26.4. The van der Waals surface area contributed by atoms with E-state index in [1.54, 1.807) is 6.08 Å². The van der Waals surface area contributed by atoms with Crippen molar-refractivity contribution in [2.75, 3.05) is 0 Å². The van der Waals surface area contributed by atoms with Crippen LogP contribution < -0.4 is 0 Å². The van der Waals surface area contributed by atoms with Crippen LogP contribution in [0.2, 0.25) is 0 Å². The fourth-order valence-corrected chi connectivity index (χ4v) is 7.44. The second-order valence-electron chi connectivity index (χ2n) is 13.2. The molecule has 6 unspecified atom stereocenters. The molecule has 7 nitrogen and oxygen atoms in total. The number of likely N-dealkylation sites (tertiary alicyclic amines) is 2. The van der Waals surface area contributed by atoms with E-state index in [0.29, 0.717) is 30.4 Å². The Morgan fingerprint density at radius 1 is 0.868 bits per heavy atom. The van der Waals surface area contributed by atoms with Gasteiger partial charge in [-0.15, -0.1) is 6.58 Å². The van der Waals surface area contributed by atoms with Gasteiger partial charge in [0.25, 0.3) is 0 Å². The van der Waals surface area contributed by atoms with Gasteiger partial charge < -0.3 is 5.11 Å². The predicted octanol–water partition coefficient (Wildman–Crippen LogP) is 4.35. The zero-order valence-corrected chi connectivity index (χ0v) is 23.2. The zero-order valence-electron chi connectivity index (χ0n) is 23.2. The van der Waals surface area contributed by atoms with Gasteiger partial charge in [0, 0.05) is 22.6 Å². The Kier molecular flexibility index (Phi) is 6.01. The summed E-state index contributed by atoms with van der Waals surface area (Å²) in [5.74, 6) is -3.99. The molecule has 0 aromatic heterocycles. The van der Waals surface area contributed by atoms with E-state index in [4.69, 9.17) is 0 Å². The van der Waals surface area contributed by atoms with E-state index >= 15 is 0 Å². The molecule has 38 heavy (non-hydrogen) atoms. The Morgan fingerprint density at radius 3 is 2.03 bits per heavy atom. The van der Waals surface area contributed by atoms with Gasteiger partial charge in [0.2, 0.25) is 23.6 Å². The Labute approximate surface area is 224 Å². The molecule has 2 aliphatic carbocycles. The predicted molar refractivity (Wildman–Crippen MR) is 143 cm³/mol. The number of hydrogen-bond acceptors (Lipinski definition) is 5. The highest BCUT2D eigenvalue weighted by atomic mass is 16.3. The van der Waals surface area contributed by atoms with Crippen molar-refractivity contribution in [3.05, 3.63) is 53.6 Å². The molecule has 2 aliphatic heterocycles. The summed E-state index contributed by atoms with van der Waals surface area (Å²) >= 11 is 0. The van der Waals surface area contributed by atoms with Crippen molar-refractivity contribution in [2.24, 2.45) is 29.6 Å². The fourth-order valence-electron chi connectivity index (χ4n) is 7.44. The van der Waals surface area contributed by atoms with E-state index in [1.807, 2.05) is 65.8 Å². The minimum atomic E-state index is -0.701. The van der Waals surface area contributed by atoms with Gasteiger partial charge >= 0.3 is 0 Å². The molecule has 1 saturated carbocycles. The summed E-state index contributed by atoms with van der Waals surface area (Å²) in [5, 5.41) is 11.4. The SMILES string of the molecule is C=CCc1cccc(C2C3=CCC4C(=O)N(C(C)(C)C)C(=O)C4C3CC3C(=O)N(C(C)(C)C)C(=O)C32)c1O. The molecular weight excluding hydrogens is 480 g/mol. The van der Waals surface area contributed by atoms with Crippen LogP contribution in [0.3, 0.4) is 0 Å². The molecule has 6 atom stereocenters. The van der Waals surface area contributed by atoms with Gasteiger partial charge in [0.1, 0.15) is 5.75 Å². The minimum absolute atomic E-state index is 0.0967. The number of fused-ring (bicyclic) bond motifs is 4. The van der Waals surface area contributed by atoms with Gasteiger partial charge in [0.05, 0.1) is 23.7 Å². The number of imide groups is 2. The number of aromatic hydroxyl groups is 1. The smallest absolute Gasteiger partial charge is 0.234 e. The topological polar surface area (TPSA) is 95.0 Å². The highest BCUT2D eigenvalue weighted by Gasteiger charge is 2.63. The quantitative estimate of drug-likeness (QED) is 0.474. The molecule has 2 saturated heterocycles. The third kappa shape index (κ3) is 3.69. The third-order valence-electron chi connectivity index (χ3n) is 8.84. The maximum Gasteiger partial charge on any atom is 0.234 e. The highest BCUT2D eigenvalue weighted by Crippen LogP contribution is 2.59. The maximum atomic E-state index is 14.0. The Morgan fingerprint density at radius 2 is 1.45 bits per heavy atom. The van der Waals surface area contributed by atoms with Crippen LogP contribution >= 0.6 is 0 Å². The van der Waals surface area contributed by atoms with Crippen molar-refractivity contribution < 1.29 is 24.3 Å². The van der Waals surface area contributed by atoms with Crippen LogP contribution in [0.15, 0.2) is 42.5 Å². The van der Waals surface area contributed by atoms with E-state index < -0.39 is 40.7 Å². The van der Waals surface area contributed by atoms with E-state index in [9.17, 15) is 24.3 Å². The van der Waals surface area contributed by atoms with Crippen LogP contribution in [0.4, 0.5) is 0 Å². The van der Waals surface area contributed by atoms with Gasteiger partial charge in [-0.3, -0.25) is 29.0 Å². The molecule has 2 heterocycles. The molecule has 202 valence electrons. The zero-order chi connectivity index (χ0) is 27.9. The molecule has 3 fully saturated rings. The molecule has 7 heteroatoms. The van der Waals surface area contributed by atoms with Crippen molar-refractivity contribution in [1.29, 1.82) is 0 Å². The Bertz CT molecular complexity index is 1280. The Balaban J connectivity index is 1.68. The summed E-state index contributed by atoms with van der Waals surface area (Å²) < 4.78 is 0. The fraction of sp³-hybridized carbons (Fsp3) is 0.548. The van der Waals surface area contributed by atoms with Crippen LogP contribution in [0.5, 0.6) is 5.75 Å². The van der Waals surface area contributed by atoms with Crippen molar-refractivity contribution in [3.63, 3.8) is 0 Å². The molecule has 1 aromatic rings. The second kappa shape index (κ2) is 8.65. The summed E-state index contributed by atoms with van der Waals surface area (Å²) in [7, 11) is 0. The molecule has 0 bridgehead atoms. The number of benzene rings is 1. The first-order chi connectivity index (χ1) is 17.7. The average Bonchev–Trinajstić information content (AvgIpc) is 3.23. The lowest BCUT2D eigenvalue weighted by molar-refractivity contribution is -0.147. The Hall–Kier alpha value is -3.22. The van der Waals surface area contributed by atoms with E-state index in [-0.39, 0.29) is 35.3 Å². The van der Waals surface area contributed by atoms with Crippen molar-refractivity contribution >= 4 is 23.6 Å². The van der Waals surface area contributed by atoms with Crippen molar-refractivity contribution in [1.82, 2.24) is 9.80 Å². The molecule has 1 aromatic carbocycles. The van der Waals surface area contributed by atoms with E-state index in [1.165, 1.54) is 9.80 Å². The number of phenolic OH excluding ortho intramolecular Hbond substituents is 1. The van der Waals surface area contributed by atoms with Crippen molar-refractivity contribution in [3.8, 4) is 5.75 Å². The summed E-state index contributed by atoms with van der Waals surface area (Å²) in [6.45, 7) is 14.9. The molecular formula is C31H38N2O5. The van der Waals surface area contributed by atoms with Crippen LogP contribution in [0.1, 0.15) is 71.4 Å². The number of hydrogen-bond donors (Lipinski definition) is 1. The van der Waals surface area contributed by atoms with Crippen molar-refractivity contribution in [2.45, 2.75) is 77.8 Å². The van der Waals surface area contributed by atoms with E-state index in [2.05, 4.69) is 6.58 Å². The average molecular weight is 519 g/mol. The molecule has 5 rings (SSSR count). The number of amides is 4. The third-order valence-corrected chi connectivity index (χ3v) is 8.84. The second-order valence-corrected chi connectivity index (χ2v) is 13.2.